The molecule has 0 N–H and O–H groups in total. The molecule has 2 aromatic rings. The molecular formula is C12H4Cl4S2. The average Bonchev–Trinajstić information content (AvgIpc) is 2.27. The zero-order chi connectivity index (χ0) is 12.9. The SMILES string of the molecule is Clc1cc(Cl)c2c(c1)Sc1c(Cl)cc(Cl)cc1S2. The molecule has 6 heteroatoms. The first kappa shape index (κ1) is 13.3. The molecule has 18 heavy (non-hydrogen) atoms. The van der Waals surface area contributed by atoms with Gasteiger partial charge in [-0.25, -0.2) is 0 Å². The van der Waals surface area contributed by atoms with Crippen molar-refractivity contribution in [3.05, 3.63) is 44.4 Å². The summed E-state index contributed by atoms with van der Waals surface area (Å²) < 4.78 is 0. The normalized spacial score (nSPS) is 13.1. The molecule has 1 aliphatic heterocycles. The van der Waals surface area contributed by atoms with E-state index in [1.54, 1.807) is 35.7 Å². The molecule has 2 aromatic carbocycles. The Labute approximate surface area is 133 Å². The molecule has 0 saturated carbocycles. The summed E-state index contributed by atoms with van der Waals surface area (Å²) in [6.45, 7) is 0. The van der Waals surface area contributed by atoms with Gasteiger partial charge in [-0.05, 0) is 24.3 Å². The van der Waals surface area contributed by atoms with Gasteiger partial charge in [-0.2, -0.15) is 0 Å². The summed E-state index contributed by atoms with van der Waals surface area (Å²) in [5.74, 6) is 0. The van der Waals surface area contributed by atoms with Gasteiger partial charge in [-0.3, -0.25) is 0 Å². The minimum absolute atomic E-state index is 0.625. The van der Waals surface area contributed by atoms with Crippen LogP contribution < -0.4 is 0 Å². The van der Waals surface area contributed by atoms with E-state index in [-0.39, 0.29) is 0 Å². The van der Waals surface area contributed by atoms with Crippen LogP contribution in [0.25, 0.3) is 0 Å². The van der Waals surface area contributed by atoms with Crippen LogP contribution in [0.15, 0.2) is 43.8 Å². The Bertz CT molecular complexity index is 598. The van der Waals surface area contributed by atoms with Gasteiger partial charge in [0.05, 0.1) is 10.0 Å². The van der Waals surface area contributed by atoms with E-state index in [1.807, 2.05) is 12.1 Å². The predicted molar refractivity (Wildman–Crippen MR) is 81.2 cm³/mol. The maximum absolute atomic E-state index is 6.21. The van der Waals surface area contributed by atoms with Crippen LogP contribution in [0, 0.1) is 0 Å². The third-order valence-corrected chi connectivity index (χ3v) is 6.26. The summed E-state index contributed by atoms with van der Waals surface area (Å²) in [6, 6.07) is 7.28. The van der Waals surface area contributed by atoms with Crippen LogP contribution in [-0.4, -0.2) is 0 Å². The average molecular weight is 354 g/mol. The molecule has 0 unspecified atom stereocenters. The monoisotopic (exact) mass is 352 g/mol. The molecule has 1 heterocycles. The van der Waals surface area contributed by atoms with Gasteiger partial charge in [0.25, 0.3) is 0 Å². The van der Waals surface area contributed by atoms with E-state index in [1.165, 1.54) is 0 Å². The zero-order valence-electron chi connectivity index (χ0n) is 8.64. The predicted octanol–water partition coefficient (Wildman–Crippen LogP) is 6.92. The standard InChI is InChI=1S/C12H4Cl4S2/c13-5-1-7(15)11-9(3-5)18-12-8(16)2-6(14)4-10(12)17-11/h1-4H. The van der Waals surface area contributed by atoms with E-state index in [4.69, 9.17) is 46.4 Å². The summed E-state index contributed by atoms with van der Waals surface area (Å²) in [6.07, 6.45) is 0. The maximum Gasteiger partial charge on any atom is 0.0571 e. The second-order valence-corrected chi connectivity index (χ2v) is 7.43. The minimum atomic E-state index is 0.625. The smallest absolute Gasteiger partial charge is 0.0571 e. The number of hydrogen-bond donors (Lipinski definition) is 0. The van der Waals surface area contributed by atoms with Crippen molar-refractivity contribution in [2.24, 2.45) is 0 Å². The van der Waals surface area contributed by atoms with Crippen LogP contribution >= 0.6 is 69.9 Å². The fraction of sp³-hybridized carbons (Fsp3) is 0. The summed E-state index contributed by atoms with van der Waals surface area (Å²) >= 11 is 27.6. The Morgan fingerprint density at radius 2 is 1.00 bits per heavy atom. The highest BCUT2D eigenvalue weighted by Crippen LogP contribution is 2.54. The highest BCUT2D eigenvalue weighted by Gasteiger charge is 2.22. The Morgan fingerprint density at radius 1 is 0.611 bits per heavy atom. The molecule has 0 bridgehead atoms. The fourth-order valence-electron chi connectivity index (χ4n) is 1.64. The van der Waals surface area contributed by atoms with Gasteiger partial charge < -0.3 is 0 Å². The molecular weight excluding hydrogens is 350 g/mol. The van der Waals surface area contributed by atoms with Gasteiger partial charge in [0.1, 0.15) is 0 Å². The molecule has 0 saturated heterocycles. The molecule has 0 aromatic heterocycles. The van der Waals surface area contributed by atoms with Crippen molar-refractivity contribution in [2.75, 3.05) is 0 Å². The molecule has 0 nitrogen and oxygen atoms in total. The highest BCUT2D eigenvalue weighted by atomic mass is 35.5. The third-order valence-electron chi connectivity index (χ3n) is 2.37. The van der Waals surface area contributed by atoms with Gasteiger partial charge >= 0.3 is 0 Å². The Hall–Kier alpha value is 0.300. The van der Waals surface area contributed by atoms with Crippen LogP contribution in [-0.2, 0) is 0 Å². The highest BCUT2D eigenvalue weighted by molar-refractivity contribution is 8.05. The summed E-state index contributed by atoms with van der Waals surface area (Å²) in [7, 11) is 0. The lowest BCUT2D eigenvalue weighted by molar-refractivity contribution is 1.16. The third kappa shape index (κ3) is 2.35. The summed E-state index contributed by atoms with van der Waals surface area (Å²) in [5, 5.41) is 2.55. The van der Waals surface area contributed by atoms with Crippen molar-refractivity contribution in [2.45, 2.75) is 19.6 Å². The Kier molecular flexibility index (Phi) is 3.70. The first-order valence-electron chi connectivity index (χ1n) is 4.88. The molecule has 0 radical (unpaired) electrons. The summed E-state index contributed by atoms with van der Waals surface area (Å²) in [5.41, 5.74) is 0. The Morgan fingerprint density at radius 3 is 1.39 bits per heavy atom. The molecule has 0 aliphatic carbocycles. The summed E-state index contributed by atoms with van der Waals surface area (Å²) in [4.78, 5) is 4.04. The zero-order valence-corrected chi connectivity index (χ0v) is 13.3. The minimum Gasteiger partial charge on any atom is -0.0860 e. The lowest BCUT2D eigenvalue weighted by Crippen LogP contribution is -1.91. The van der Waals surface area contributed by atoms with Gasteiger partial charge in [0, 0.05) is 29.6 Å². The molecule has 0 fully saturated rings. The van der Waals surface area contributed by atoms with Crippen molar-refractivity contribution < 1.29 is 0 Å². The van der Waals surface area contributed by atoms with Crippen LogP contribution in [0.1, 0.15) is 0 Å². The van der Waals surface area contributed by atoms with Crippen LogP contribution in [0.3, 0.4) is 0 Å². The van der Waals surface area contributed by atoms with Gasteiger partial charge in [0.15, 0.2) is 0 Å². The number of hydrogen-bond acceptors (Lipinski definition) is 2. The second-order valence-electron chi connectivity index (χ2n) is 3.63. The van der Waals surface area contributed by atoms with Crippen molar-refractivity contribution in [3.8, 4) is 0 Å². The van der Waals surface area contributed by atoms with Crippen LogP contribution in [0.5, 0.6) is 0 Å². The van der Waals surface area contributed by atoms with Gasteiger partial charge in [-0.1, -0.05) is 69.9 Å². The molecule has 0 atom stereocenters. The van der Waals surface area contributed by atoms with Gasteiger partial charge in [0.2, 0.25) is 0 Å². The Balaban J connectivity index is 2.18. The van der Waals surface area contributed by atoms with Gasteiger partial charge in [-0.15, -0.1) is 0 Å². The largest absolute Gasteiger partial charge is 0.0860 e. The topological polar surface area (TPSA) is 0 Å². The molecule has 1 aliphatic rings. The number of benzene rings is 2. The molecule has 3 rings (SSSR count). The molecule has 92 valence electrons. The first-order valence-corrected chi connectivity index (χ1v) is 8.03. The van der Waals surface area contributed by atoms with Crippen LogP contribution in [0.4, 0.5) is 0 Å². The first-order chi connectivity index (χ1) is 8.54. The number of halogens is 4. The quantitative estimate of drug-likeness (QED) is 0.430. The van der Waals surface area contributed by atoms with Crippen molar-refractivity contribution in [3.63, 3.8) is 0 Å². The molecule has 0 spiro atoms. The van der Waals surface area contributed by atoms with E-state index in [0.29, 0.717) is 20.1 Å². The maximum atomic E-state index is 6.21. The van der Waals surface area contributed by atoms with Crippen molar-refractivity contribution in [1.29, 1.82) is 0 Å². The van der Waals surface area contributed by atoms with Crippen LogP contribution in [0.2, 0.25) is 20.1 Å². The van der Waals surface area contributed by atoms with Crippen molar-refractivity contribution >= 4 is 69.9 Å². The second kappa shape index (κ2) is 5.01. The van der Waals surface area contributed by atoms with E-state index >= 15 is 0 Å². The lowest BCUT2D eigenvalue weighted by Gasteiger charge is -2.20. The molecule has 0 amide bonds. The number of fused-ring (bicyclic) bond motifs is 2. The van der Waals surface area contributed by atoms with E-state index in [9.17, 15) is 0 Å². The van der Waals surface area contributed by atoms with Crippen molar-refractivity contribution in [1.82, 2.24) is 0 Å². The van der Waals surface area contributed by atoms with E-state index < -0.39 is 0 Å². The van der Waals surface area contributed by atoms with E-state index in [0.717, 1.165) is 19.6 Å². The lowest BCUT2D eigenvalue weighted by atomic mass is 10.3. The van der Waals surface area contributed by atoms with E-state index in [2.05, 4.69) is 0 Å². The fourth-order valence-corrected chi connectivity index (χ4v) is 5.45. The number of rotatable bonds is 0.